The minimum Gasteiger partial charge on any atom is -0.480 e. The summed E-state index contributed by atoms with van der Waals surface area (Å²) in [6.07, 6.45) is 5.92. The zero-order valence-electron chi connectivity index (χ0n) is 14.0. The third-order valence-corrected chi connectivity index (χ3v) is 3.78. The predicted octanol–water partition coefficient (Wildman–Crippen LogP) is -0.290. The molecule has 2 rings (SSSR count). The van der Waals surface area contributed by atoms with Crippen LogP contribution < -0.4 is 11.1 Å². The Hall–Kier alpha value is -2.48. The van der Waals surface area contributed by atoms with Gasteiger partial charge >= 0.3 is 5.97 Å². The van der Waals surface area contributed by atoms with E-state index in [1.807, 2.05) is 11.9 Å². The van der Waals surface area contributed by atoms with Crippen molar-refractivity contribution < 1.29 is 19.5 Å². The molecule has 0 aromatic carbocycles. The van der Waals surface area contributed by atoms with Crippen LogP contribution in [0.5, 0.6) is 0 Å². The summed E-state index contributed by atoms with van der Waals surface area (Å²) < 4.78 is 0. The van der Waals surface area contributed by atoms with Crippen LogP contribution in [0.3, 0.4) is 0 Å². The third-order valence-electron chi connectivity index (χ3n) is 3.78. The highest BCUT2D eigenvalue weighted by Gasteiger charge is 2.26. The van der Waals surface area contributed by atoms with E-state index >= 15 is 0 Å². The molecule has 0 aromatic heterocycles. The average Bonchev–Trinajstić information content (AvgIpc) is 2.99. The Morgan fingerprint density at radius 2 is 2.25 bits per heavy atom. The number of hydrogen-bond donors (Lipinski definition) is 3. The zero-order chi connectivity index (χ0) is 18.1. The molecule has 1 saturated heterocycles. The molecule has 24 heavy (non-hydrogen) atoms. The molecule has 0 amide bonds. The number of carbonyl (C=O) groups is 3. The molecule has 2 aliphatic heterocycles. The number of rotatable bonds is 4. The number of hydrogen-bond acceptors (Lipinski definition) is 7. The van der Waals surface area contributed by atoms with E-state index in [2.05, 4.69) is 10.3 Å². The second kappa shape index (κ2) is 9.61. The summed E-state index contributed by atoms with van der Waals surface area (Å²) in [5, 5.41) is 11.5. The van der Waals surface area contributed by atoms with Crippen molar-refractivity contribution in [2.75, 3.05) is 26.7 Å². The first-order chi connectivity index (χ1) is 11.4. The van der Waals surface area contributed by atoms with E-state index in [9.17, 15) is 14.4 Å². The lowest BCUT2D eigenvalue weighted by Crippen LogP contribution is -2.32. The molecule has 0 aliphatic carbocycles. The number of allylic oxidation sites excluding steroid dienone is 2. The minimum atomic E-state index is -0.685. The molecular weight excluding hydrogens is 312 g/mol. The number of nitrogens with one attached hydrogen (secondary N) is 1. The van der Waals surface area contributed by atoms with Gasteiger partial charge in [0, 0.05) is 12.5 Å². The van der Waals surface area contributed by atoms with Crippen molar-refractivity contribution in [2.24, 2.45) is 10.7 Å². The van der Waals surface area contributed by atoms with Gasteiger partial charge in [-0.25, -0.2) is 0 Å². The molecule has 1 atom stereocenters. The van der Waals surface area contributed by atoms with Gasteiger partial charge in [0.05, 0.1) is 24.5 Å². The van der Waals surface area contributed by atoms with Crippen LogP contribution in [0.1, 0.15) is 19.8 Å². The van der Waals surface area contributed by atoms with Gasteiger partial charge in [0.15, 0.2) is 5.78 Å². The lowest BCUT2D eigenvalue weighted by atomic mass is 10.0. The lowest BCUT2D eigenvalue weighted by Gasteiger charge is -2.14. The summed E-state index contributed by atoms with van der Waals surface area (Å²) in [7, 11) is 1.85. The largest absolute Gasteiger partial charge is 0.480 e. The highest BCUT2D eigenvalue weighted by atomic mass is 16.4. The maximum atomic E-state index is 11.1. The third kappa shape index (κ3) is 5.62. The number of likely N-dealkylation sites (tertiary alicyclic amines) is 1. The fourth-order valence-electron chi connectivity index (χ4n) is 2.43. The van der Waals surface area contributed by atoms with Crippen molar-refractivity contribution >= 4 is 23.8 Å². The van der Waals surface area contributed by atoms with E-state index in [4.69, 9.17) is 10.8 Å². The van der Waals surface area contributed by atoms with Crippen LogP contribution in [-0.4, -0.2) is 66.5 Å². The second-order valence-corrected chi connectivity index (χ2v) is 5.53. The summed E-state index contributed by atoms with van der Waals surface area (Å²) in [6, 6.07) is -0.218. The molecule has 8 nitrogen and oxygen atoms in total. The van der Waals surface area contributed by atoms with Gasteiger partial charge in [0.25, 0.3) is 0 Å². The predicted molar refractivity (Wildman–Crippen MR) is 90.7 cm³/mol. The summed E-state index contributed by atoms with van der Waals surface area (Å²) in [4.78, 5) is 37.6. The number of nitrogens with two attached hydrogens (primary N) is 1. The van der Waals surface area contributed by atoms with Crippen molar-refractivity contribution in [3.8, 4) is 0 Å². The molecule has 2 aliphatic rings. The maximum absolute atomic E-state index is 11.1. The monoisotopic (exact) mass is 336 g/mol. The first kappa shape index (κ1) is 19.6. The number of aliphatic carboxylic acids is 1. The fourth-order valence-corrected chi connectivity index (χ4v) is 2.43. The Labute approximate surface area is 141 Å². The first-order valence-corrected chi connectivity index (χ1v) is 7.69. The van der Waals surface area contributed by atoms with Crippen molar-refractivity contribution in [1.29, 1.82) is 0 Å². The summed E-state index contributed by atoms with van der Waals surface area (Å²) in [6.45, 7) is 2.89. The normalized spacial score (nSPS) is 23.9. The zero-order valence-corrected chi connectivity index (χ0v) is 14.0. The highest BCUT2D eigenvalue weighted by molar-refractivity contribution is 6.11. The van der Waals surface area contributed by atoms with Crippen LogP contribution in [0.4, 0.5) is 0 Å². The van der Waals surface area contributed by atoms with Gasteiger partial charge in [-0.15, -0.1) is 0 Å². The van der Waals surface area contributed by atoms with Gasteiger partial charge in [-0.05, 0) is 38.7 Å². The van der Waals surface area contributed by atoms with Crippen molar-refractivity contribution in [3.63, 3.8) is 0 Å². The molecule has 8 heteroatoms. The number of ketones is 1. The van der Waals surface area contributed by atoms with E-state index in [-0.39, 0.29) is 24.1 Å². The van der Waals surface area contributed by atoms with Gasteiger partial charge in [-0.1, -0.05) is 0 Å². The molecule has 0 spiro atoms. The lowest BCUT2D eigenvalue weighted by molar-refractivity contribution is -0.141. The SMILES string of the molecule is CC(=O)/C(N)=C1\C=CNCC1=NCC=O.CN1CCCC1C(=O)O. The van der Waals surface area contributed by atoms with E-state index in [0.29, 0.717) is 24.1 Å². The molecule has 132 valence electrons. The van der Waals surface area contributed by atoms with Gasteiger partial charge in [-0.3, -0.25) is 19.5 Å². The molecule has 0 saturated carbocycles. The number of likely N-dealkylation sites (N-methyl/N-ethyl adjacent to an activating group) is 1. The number of carbonyl (C=O) groups excluding carboxylic acids is 2. The molecule has 1 fully saturated rings. The van der Waals surface area contributed by atoms with Crippen LogP contribution in [0.25, 0.3) is 0 Å². The number of nitrogens with zero attached hydrogens (tertiary/aromatic N) is 2. The Morgan fingerprint density at radius 3 is 2.71 bits per heavy atom. The van der Waals surface area contributed by atoms with Crippen LogP contribution in [0, 0.1) is 0 Å². The van der Waals surface area contributed by atoms with Gasteiger partial charge in [0.2, 0.25) is 0 Å². The van der Waals surface area contributed by atoms with Gasteiger partial charge in [-0.2, -0.15) is 0 Å². The molecule has 0 bridgehead atoms. The Morgan fingerprint density at radius 1 is 1.54 bits per heavy atom. The fraction of sp³-hybridized carbons (Fsp3) is 0.500. The first-order valence-electron chi connectivity index (χ1n) is 7.69. The number of aldehydes is 1. The summed E-state index contributed by atoms with van der Waals surface area (Å²) >= 11 is 0. The van der Waals surface area contributed by atoms with E-state index in [1.165, 1.54) is 6.92 Å². The topological polar surface area (TPSA) is 125 Å². The standard InChI is InChI=1S/C10H13N3O2.C6H11NO2/c1-7(15)10(11)8-2-3-12-6-9(8)13-4-5-14;1-7-4-2-3-5(7)6(8)9/h2-3,5,12H,4,6,11H2,1H3;5H,2-4H2,1H3,(H,8,9)/b10-8-,13-9?;. The maximum Gasteiger partial charge on any atom is 0.320 e. The quantitative estimate of drug-likeness (QED) is 0.476. The smallest absolute Gasteiger partial charge is 0.320 e. The van der Waals surface area contributed by atoms with Crippen LogP contribution in [0.2, 0.25) is 0 Å². The van der Waals surface area contributed by atoms with Crippen molar-refractivity contribution in [3.05, 3.63) is 23.5 Å². The second-order valence-electron chi connectivity index (χ2n) is 5.53. The Kier molecular flexibility index (Phi) is 7.84. The molecule has 0 radical (unpaired) electrons. The van der Waals surface area contributed by atoms with E-state index in [0.717, 1.165) is 19.4 Å². The van der Waals surface area contributed by atoms with Crippen molar-refractivity contribution in [2.45, 2.75) is 25.8 Å². The highest BCUT2D eigenvalue weighted by Crippen LogP contribution is 2.13. The molecule has 1 unspecified atom stereocenters. The molecule has 4 N–H and O–H groups in total. The summed E-state index contributed by atoms with van der Waals surface area (Å²) in [5.74, 6) is -0.884. The molecule has 2 heterocycles. The summed E-state index contributed by atoms with van der Waals surface area (Å²) in [5.41, 5.74) is 7.05. The van der Waals surface area contributed by atoms with Crippen LogP contribution >= 0.6 is 0 Å². The molecular formula is C16H24N4O4. The number of Topliss-reactive ketones (excluding diaryl/α,β-unsaturated/α-hetero) is 1. The minimum absolute atomic E-state index is 0.0829. The van der Waals surface area contributed by atoms with E-state index in [1.54, 1.807) is 12.3 Å². The number of carboxylic acids is 1. The number of carboxylic acid groups (broad SMARTS) is 1. The van der Waals surface area contributed by atoms with E-state index < -0.39 is 5.97 Å². The Balaban J connectivity index is 0.000000272. The average molecular weight is 336 g/mol. The number of aliphatic imine (C=N–C) groups is 1. The van der Waals surface area contributed by atoms with Crippen LogP contribution in [-0.2, 0) is 14.4 Å². The molecule has 0 aromatic rings. The van der Waals surface area contributed by atoms with Crippen molar-refractivity contribution in [1.82, 2.24) is 10.2 Å². The van der Waals surface area contributed by atoms with Crippen LogP contribution in [0.15, 0.2) is 28.5 Å². The van der Waals surface area contributed by atoms with Gasteiger partial charge in [0.1, 0.15) is 12.3 Å². The Bertz CT molecular complexity index is 581. The van der Waals surface area contributed by atoms with Gasteiger partial charge < -0.3 is 21.0 Å².